The predicted molar refractivity (Wildman–Crippen MR) is 82.8 cm³/mol. The maximum absolute atomic E-state index is 13.9. The van der Waals surface area contributed by atoms with Crippen LogP contribution in [0.15, 0.2) is 46.9 Å². The molecule has 0 aliphatic carbocycles. The number of anilines is 2. The summed E-state index contributed by atoms with van der Waals surface area (Å²) in [7, 11) is 0. The van der Waals surface area contributed by atoms with Crippen LogP contribution in [-0.4, -0.2) is 6.54 Å². The summed E-state index contributed by atoms with van der Waals surface area (Å²) in [5, 5.41) is 0. The standard InChI is InChI=1S/C15H14BrClFN/c1-2-19(15-6-4-3-5-14(15)18)12-8-7-11(10-17)13(16)9-12/h3-9H,2,10H2,1H3. The fraction of sp³-hybridized carbons (Fsp3) is 0.200. The largest absolute Gasteiger partial charge is 0.339 e. The number of alkyl halides is 1. The second-order valence-corrected chi connectivity index (χ2v) is 5.23. The van der Waals surface area contributed by atoms with E-state index in [0.29, 0.717) is 18.1 Å². The number of hydrogen-bond acceptors (Lipinski definition) is 1. The topological polar surface area (TPSA) is 3.24 Å². The Morgan fingerprint density at radius 2 is 1.95 bits per heavy atom. The summed E-state index contributed by atoms with van der Waals surface area (Å²) < 4.78 is 14.8. The van der Waals surface area contributed by atoms with Crippen molar-refractivity contribution in [2.75, 3.05) is 11.4 Å². The monoisotopic (exact) mass is 341 g/mol. The molecule has 0 saturated heterocycles. The lowest BCUT2D eigenvalue weighted by Gasteiger charge is -2.24. The van der Waals surface area contributed by atoms with Crippen LogP contribution in [0.25, 0.3) is 0 Å². The molecular weight excluding hydrogens is 329 g/mol. The van der Waals surface area contributed by atoms with Crippen LogP contribution in [0.5, 0.6) is 0 Å². The Bertz CT molecular complexity index is 574. The quantitative estimate of drug-likeness (QED) is 0.665. The normalized spacial score (nSPS) is 10.5. The molecule has 0 fully saturated rings. The molecule has 4 heteroatoms. The molecule has 19 heavy (non-hydrogen) atoms. The number of halogens is 3. The van der Waals surface area contributed by atoms with Gasteiger partial charge in [0.1, 0.15) is 5.82 Å². The zero-order valence-electron chi connectivity index (χ0n) is 10.5. The molecule has 2 rings (SSSR count). The van der Waals surface area contributed by atoms with E-state index in [4.69, 9.17) is 11.6 Å². The van der Waals surface area contributed by atoms with Gasteiger partial charge in [-0.15, -0.1) is 11.6 Å². The summed E-state index contributed by atoms with van der Waals surface area (Å²) in [6.45, 7) is 2.68. The predicted octanol–water partition coefficient (Wildman–Crippen LogP) is 5.49. The van der Waals surface area contributed by atoms with Crippen molar-refractivity contribution in [3.8, 4) is 0 Å². The lowest BCUT2D eigenvalue weighted by molar-refractivity contribution is 0.625. The zero-order valence-corrected chi connectivity index (χ0v) is 12.9. The molecule has 0 spiro atoms. The van der Waals surface area contributed by atoms with Crippen molar-refractivity contribution in [3.63, 3.8) is 0 Å². The molecule has 0 heterocycles. The number of hydrogen-bond donors (Lipinski definition) is 0. The van der Waals surface area contributed by atoms with Crippen LogP contribution in [0.2, 0.25) is 0 Å². The first kappa shape index (κ1) is 14.4. The lowest BCUT2D eigenvalue weighted by Crippen LogP contribution is -2.17. The van der Waals surface area contributed by atoms with Gasteiger partial charge in [-0.05, 0) is 36.8 Å². The maximum atomic E-state index is 13.9. The summed E-state index contributed by atoms with van der Waals surface area (Å²) in [6, 6.07) is 12.7. The smallest absolute Gasteiger partial charge is 0.146 e. The summed E-state index contributed by atoms with van der Waals surface area (Å²) >= 11 is 9.33. The van der Waals surface area contributed by atoms with E-state index in [0.717, 1.165) is 15.7 Å². The second kappa shape index (κ2) is 6.40. The van der Waals surface area contributed by atoms with Crippen molar-refractivity contribution in [2.45, 2.75) is 12.8 Å². The average Bonchev–Trinajstić information content (AvgIpc) is 2.42. The van der Waals surface area contributed by atoms with Gasteiger partial charge in [-0.2, -0.15) is 0 Å². The summed E-state index contributed by atoms with van der Waals surface area (Å²) in [4.78, 5) is 1.93. The first-order valence-corrected chi connectivity index (χ1v) is 7.36. The summed E-state index contributed by atoms with van der Waals surface area (Å²) in [5.41, 5.74) is 2.54. The molecule has 0 bridgehead atoms. The Morgan fingerprint density at radius 1 is 1.21 bits per heavy atom. The molecule has 0 saturated carbocycles. The highest BCUT2D eigenvalue weighted by Gasteiger charge is 2.12. The number of para-hydroxylation sites is 1. The molecule has 2 aromatic rings. The second-order valence-electron chi connectivity index (χ2n) is 4.11. The van der Waals surface area contributed by atoms with Crippen molar-refractivity contribution in [1.82, 2.24) is 0 Å². The van der Waals surface area contributed by atoms with E-state index in [2.05, 4.69) is 15.9 Å². The summed E-state index contributed by atoms with van der Waals surface area (Å²) in [5.74, 6) is 0.231. The Labute approximate surface area is 126 Å². The van der Waals surface area contributed by atoms with Gasteiger partial charge in [0, 0.05) is 22.6 Å². The number of benzene rings is 2. The van der Waals surface area contributed by atoms with Crippen molar-refractivity contribution >= 4 is 38.9 Å². The molecule has 0 atom stereocenters. The van der Waals surface area contributed by atoms with Crippen molar-refractivity contribution in [1.29, 1.82) is 0 Å². The van der Waals surface area contributed by atoms with Gasteiger partial charge in [-0.1, -0.05) is 34.1 Å². The first-order chi connectivity index (χ1) is 9.17. The molecule has 0 unspecified atom stereocenters. The van der Waals surface area contributed by atoms with E-state index < -0.39 is 0 Å². The lowest BCUT2D eigenvalue weighted by atomic mass is 10.2. The first-order valence-electron chi connectivity index (χ1n) is 6.03. The van der Waals surface area contributed by atoms with Gasteiger partial charge in [0.15, 0.2) is 0 Å². The Kier molecular flexibility index (Phi) is 4.83. The molecule has 0 amide bonds. The summed E-state index contributed by atoms with van der Waals surface area (Å²) in [6.07, 6.45) is 0. The van der Waals surface area contributed by atoms with E-state index in [1.54, 1.807) is 12.1 Å². The van der Waals surface area contributed by atoms with Gasteiger partial charge in [-0.3, -0.25) is 0 Å². The van der Waals surface area contributed by atoms with Crippen LogP contribution < -0.4 is 4.90 Å². The molecule has 0 N–H and O–H groups in total. The molecule has 0 aliphatic heterocycles. The zero-order chi connectivity index (χ0) is 13.8. The van der Waals surface area contributed by atoms with E-state index in [9.17, 15) is 4.39 Å². The van der Waals surface area contributed by atoms with Crippen LogP contribution in [0.3, 0.4) is 0 Å². The van der Waals surface area contributed by atoms with Crippen molar-refractivity contribution in [3.05, 3.63) is 58.3 Å². The van der Waals surface area contributed by atoms with Crippen LogP contribution in [0, 0.1) is 5.82 Å². The van der Waals surface area contributed by atoms with Gasteiger partial charge in [0.05, 0.1) is 5.69 Å². The van der Waals surface area contributed by atoms with Crippen molar-refractivity contribution in [2.24, 2.45) is 0 Å². The Hall–Kier alpha value is -1.06. The van der Waals surface area contributed by atoms with Crippen molar-refractivity contribution < 1.29 is 4.39 Å². The van der Waals surface area contributed by atoms with E-state index in [1.165, 1.54) is 6.07 Å². The SMILES string of the molecule is CCN(c1ccc(CCl)c(Br)c1)c1ccccc1F. The van der Waals surface area contributed by atoms with Gasteiger partial charge >= 0.3 is 0 Å². The highest BCUT2D eigenvalue weighted by molar-refractivity contribution is 9.10. The van der Waals surface area contributed by atoms with Crippen LogP contribution in [0.4, 0.5) is 15.8 Å². The molecule has 2 aromatic carbocycles. The average molecular weight is 343 g/mol. The van der Waals surface area contributed by atoms with Crippen LogP contribution in [0.1, 0.15) is 12.5 Å². The van der Waals surface area contributed by atoms with Crippen LogP contribution in [-0.2, 0) is 5.88 Å². The Morgan fingerprint density at radius 3 is 2.53 bits per heavy atom. The van der Waals surface area contributed by atoms with Gasteiger partial charge in [0.25, 0.3) is 0 Å². The molecule has 0 aliphatic rings. The Balaban J connectivity index is 2.43. The highest BCUT2D eigenvalue weighted by atomic mass is 79.9. The van der Waals surface area contributed by atoms with E-state index >= 15 is 0 Å². The highest BCUT2D eigenvalue weighted by Crippen LogP contribution is 2.31. The maximum Gasteiger partial charge on any atom is 0.146 e. The van der Waals surface area contributed by atoms with Gasteiger partial charge in [0.2, 0.25) is 0 Å². The van der Waals surface area contributed by atoms with Gasteiger partial charge < -0.3 is 4.90 Å². The fourth-order valence-electron chi connectivity index (χ4n) is 1.98. The number of rotatable bonds is 4. The fourth-order valence-corrected chi connectivity index (χ4v) is 2.88. The molecule has 1 nitrogen and oxygen atoms in total. The molecule has 100 valence electrons. The number of nitrogens with zero attached hydrogens (tertiary/aromatic N) is 1. The third-order valence-corrected chi connectivity index (χ3v) is 3.98. The van der Waals surface area contributed by atoms with Gasteiger partial charge in [-0.25, -0.2) is 4.39 Å². The van der Waals surface area contributed by atoms with E-state index in [1.807, 2.05) is 36.1 Å². The molecule has 0 radical (unpaired) electrons. The minimum atomic E-state index is -0.220. The molecular formula is C15H14BrClFN. The van der Waals surface area contributed by atoms with E-state index in [-0.39, 0.29) is 5.82 Å². The minimum absolute atomic E-state index is 0.220. The third-order valence-electron chi connectivity index (χ3n) is 2.95. The molecule has 0 aromatic heterocycles. The van der Waals surface area contributed by atoms with Crippen LogP contribution >= 0.6 is 27.5 Å². The third kappa shape index (κ3) is 3.10. The minimum Gasteiger partial charge on any atom is -0.339 e.